The first-order valence-electron chi connectivity index (χ1n) is 6.61. The quantitative estimate of drug-likeness (QED) is 0.909. The number of methoxy groups -OCH3 is 1. The van der Waals surface area contributed by atoms with Crippen molar-refractivity contribution in [2.24, 2.45) is 5.92 Å². The first-order chi connectivity index (χ1) is 9.43. The first-order valence-corrected chi connectivity index (χ1v) is 7.42. The van der Waals surface area contributed by atoms with E-state index in [1.54, 1.807) is 7.11 Å². The maximum Gasteiger partial charge on any atom is 0.263 e. The van der Waals surface area contributed by atoms with E-state index in [0.29, 0.717) is 16.5 Å². The number of nitrogens with one attached hydrogen (secondary N) is 1. The summed E-state index contributed by atoms with van der Waals surface area (Å²) < 4.78 is 6.16. The Kier molecular flexibility index (Phi) is 4.18. The second-order valence-corrected chi connectivity index (χ2v) is 6.27. The monoisotopic (exact) mass is 292 g/mol. The van der Waals surface area contributed by atoms with E-state index >= 15 is 0 Å². The van der Waals surface area contributed by atoms with Gasteiger partial charge in [0, 0.05) is 16.1 Å². The Morgan fingerprint density at radius 1 is 1.35 bits per heavy atom. The second-order valence-electron chi connectivity index (χ2n) is 5.21. The molecule has 0 bridgehead atoms. The van der Waals surface area contributed by atoms with Crippen molar-refractivity contribution in [3.05, 3.63) is 23.1 Å². The summed E-state index contributed by atoms with van der Waals surface area (Å²) in [6.07, 6.45) is 0. The van der Waals surface area contributed by atoms with Gasteiger partial charge in [-0.1, -0.05) is 13.8 Å². The number of hydrogen-bond donors (Lipinski definition) is 2. The van der Waals surface area contributed by atoms with Gasteiger partial charge >= 0.3 is 0 Å². The normalized spacial score (nSPS) is 12.7. The third kappa shape index (κ3) is 2.72. The van der Waals surface area contributed by atoms with Crippen molar-refractivity contribution < 1.29 is 9.53 Å². The van der Waals surface area contributed by atoms with Crippen LogP contribution in [-0.4, -0.2) is 19.1 Å². The number of nitrogen functional groups attached to an aromatic ring is 1. The van der Waals surface area contributed by atoms with Crippen LogP contribution in [0, 0.1) is 5.92 Å². The van der Waals surface area contributed by atoms with Gasteiger partial charge in [-0.25, -0.2) is 0 Å². The van der Waals surface area contributed by atoms with E-state index in [2.05, 4.69) is 19.2 Å². The molecule has 0 fully saturated rings. The average Bonchev–Trinajstić information content (AvgIpc) is 2.75. The molecule has 0 aliphatic heterocycles. The van der Waals surface area contributed by atoms with Crippen LogP contribution in [0.25, 0.3) is 10.1 Å². The Balaban J connectivity index is 2.35. The van der Waals surface area contributed by atoms with Gasteiger partial charge in [-0.15, -0.1) is 11.3 Å². The smallest absolute Gasteiger partial charge is 0.263 e. The molecule has 1 unspecified atom stereocenters. The Morgan fingerprint density at radius 3 is 2.65 bits per heavy atom. The molecule has 3 N–H and O–H groups in total. The highest BCUT2D eigenvalue weighted by atomic mass is 32.1. The van der Waals surface area contributed by atoms with Crippen LogP contribution >= 0.6 is 11.3 Å². The zero-order valence-electron chi connectivity index (χ0n) is 12.2. The van der Waals surface area contributed by atoms with E-state index in [1.165, 1.54) is 11.3 Å². The highest BCUT2D eigenvalue weighted by Gasteiger charge is 2.19. The minimum Gasteiger partial charge on any atom is -0.497 e. The van der Waals surface area contributed by atoms with E-state index < -0.39 is 0 Å². The summed E-state index contributed by atoms with van der Waals surface area (Å²) in [6.45, 7) is 6.14. The van der Waals surface area contributed by atoms with Crippen molar-refractivity contribution >= 4 is 33.0 Å². The van der Waals surface area contributed by atoms with Crippen molar-refractivity contribution in [3.63, 3.8) is 0 Å². The van der Waals surface area contributed by atoms with Crippen LogP contribution in [0.4, 0.5) is 5.69 Å². The molecule has 4 nitrogen and oxygen atoms in total. The van der Waals surface area contributed by atoms with Crippen molar-refractivity contribution in [2.75, 3.05) is 12.8 Å². The van der Waals surface area contributed by atoms with Gasteiger partial charge in [-0.3, -0.25) is 4.79 Å². The largest absolute Gasteiger partial charge is 0.497 e. The highest BCUT2D eigenvalue weighted by molar-refractivity contribution is 7.21. The number of benzene rings is 1. The Morgan fingerprint density at radius 2 is 2.05 bits per heavy atom. The van der Waals surface area contributed by atoms with E-state index in [1.807, 2.05) is 25.1 Å². The zero-order valence-corrected chi connectivity index (χ0v) is 13.0. The van der Waals surface area contributed by atoms with Crippen LogP contribution in [0.3, 0.4) is 0 Å². The van der Waals surface area contributed by atoms with Crippen molar-refractivity contribution in [2.45, 2.75) is 26.8 Å². The number of fused-ring (bicyclic) bond motifs is 1. The molecular weight excluding hydrogens is 272 g/mol. The molecule has 1 amide bonds. The van der Waals surface area contributed by atoms with Gasteiger partial charge in [0.25, 0.3) is 5.91 Å². The van der Waals surface area contributed by atoms with Crippen molar-refractivity contribution in [3.8, 4) is 5.75 Å². The van der Waals surface area contributed by atoms with Gasteiger partial charge < -0.3 is 15.8 Å². The van der Waals surface area contributed by atoms with Crippen LogP contribution in [0.1, 0.15) is 30.4 Å². The minimum absolute atomic E-state index is 0.108. The fraction of sp³-hybridized carbons (Fsp3) is 0.400. The van der Waals surface area contributed by atoms with Gasteiger partial charge in [0.15, 0.2) is 0 Å². The molecule has 108 valence electrons. The SMILES string of the molecule is COc1ccc2c(N)c(C(=O)NC(C)C(C)C)sc2c1. The number of anilines is 1. The second kappa shape index (κ2) is 5.71. The lowest BCUT2D eigenvalue weighted by atomic mass is 10.1. The number of carbonyl (C=O) groups excluding carboxylic acids is 1. The van der Waals surface area contributed by atoms with Crippen LogP contribution in [0.5, 0.6) is 5.75 Å². The number of nitrogens with two attached hydrogens (primary N) is 1. The molecule has 1 aromatic heterocycles. The third-order valence-electron chi connectivity index (χ3n) is 3.50. The number of ether oxygens (including phenoxy) is 1. The van der Waals surface area contributed by atoms with E-state index in [4.69, 9.17) is 10.5 Å². The molecule has 0 aliphatic carbocycles. The molecule has 20 heavy (non-hydrogen) atoms. The number of hydrogen-bond acceptors (Lipinski definition) is 4. The molecule has 2 aromatic rings. The molecule has 5 heteroatoms. The standard InChI is InChI=1S/C15H20N2O2S/c1-8(2)9(3)17-15(18)14-13(16)11-6-5-10(19-4)7-12(11)20-14/h5-9H,16H2,1-4H3,(H,17,18). The van der Waals surface area contributed by atoms with Crippen molar-refractivity contribution in [1.29, 1.82) is 0 Å². The highest BCUT2D eigenvalue weighted by Crippen LogP contribution is 2.35. The van der Waals surface area contributed by atoms with Crippen LogP contribution < -0.4 is 15.8 Å². The first kappa shape index (κ1) is 14.7. The molecular formula is C15H20N2O2S. The molecule has 1 heterocycles. The minimum atomic E-state index is -0.108. The molecule has 0 saturated carbocycles. The zero-order chi connectivity index (χ0) is 14.9. The lowest BCUT2D eigenvalue weighted by Gasteiger charge is -2.16. The maximum absolute atomic E-state index is 12.3. The van der Waals surface area contributed by atoms with Gasteiger partial charge in [0.05, 0.1) is 12.8 Å². The van der Waals surface area contributed by atoms with E-state index in [9.17, 15) is 4.79 Å². The van der Waals surface area contributed by atoms with Gasteiger partial charge in [0.2, 0.25) is 0 Å². The molecule has 0 radical (unpaired) electrons. The predicted molar refractivity (Wildman–Crippen MR) is 84.6 cm³/mol. The summed E-state index contributed by atoms with van der Waals surface area (Å²) in [5.41, 5.74) is 6.63. The van der Waals surface area contributed by atoms with Crippen molar-refractivity contribution in [1.82, 2.24) is 5.32 Å². The number of thiophene rings is 1. The summed E-state index contributed by atoms with van der Waals surface area (Å²) in [6, 6.07) is 5.76. The predicted octanol–water partition coefficient (Wildman–Crippen LogP) is 3.27. The van der Waals surface area contributed by atoms with Gasteiger partial charge in [-0.2, -0.15) is 0 Å². The molecule has 0 spiro atoms. The summed E-state index contributed by atoms with van der Waals surface area (Å²) in [5, 5.41) is 3.89. The van der Waals surface area contributed by atoms with Gasteiger partial charge in [0.1, 0.15) is 10.6 Å². The fourth-order valence-corrected chi connectivity index (χ4v) is 2.89. The lowest BCUT2D eigenvalue weighted by Crippen LogP contribution is -2.35. The van der Waals surface area contributed by atoms with E-state index in [0.717, 1.165) is 15.8 Å². The topological polar surface area (TPSA) is 64.3 Å². The molecule has 0 aliphatic rings. The number of rotatable bonds is 4. The van der Waals surface area contributed by atoms with Crippen LogP contribution in [0.2, 0.25) is 0 Å². The Hall–Kier alpha value is -1.75. The number of carbonyl (C=O) groups is 1. The summed E-state index contributed by atoms with van der Waals surface area (Å²) in [5.74, 6) is 1.04. The Bertz CT molecular complexity index is 634. The van der Waals surface area contributed by atoms with Crippen LogP contribution in [-0.2, 0) is 0 Å². The van der Waals surface area contributed by atoms with E-state index in [-0.39, 0.29) is 11.9 Å². The third-order valence-corrected chi connectivity index (χ3v) is 4.67. The number of amides is 1. The fourth-order valence-electron chi connectivity index (χ4n) is 1.83. The molecule has 2 rings (SSSR count). The van der Waals surface area contributed by atoms with Gasteiger partial charge in [-0.05, 0) is 31.0 Å². The Labute approximate surface area is 122 Å². The molecule has 0 saturated heterocycles. The lowest BCUT2D eigenvalue weighted by molar-refractivity contribution is 0.0935. The summed E-state index contributed by atoms with van der Waals surface area (Å²) in [4.78, 5) is 12.9. The van der Waals surface area contributed by atoms with Crippen LogP contribution in [0.15, 0.2) is 18.2 Å². The molecule has 1 atom stereocenters. The summed E-state index contributed by atoms with van der Waals surface area (Å²) in [7, 11) is 1.62. The maximum atomic E-state index is 12.3. The molecule has 1 aromatic carbocycles. The summed E-state index contributed by atoms with van der Waals surface area (Å²) >= 11 is 1.40. The average molecular weight is 292 g/mol.